The second-order valence-corrected chi connectivity index (χ2v) is 5.53. The third-order valence-corrected chi connectivity index (χ3v) is 3.88. The summed E-state index contributed by atoms with van der Waals surface area (Å²) >= 11 is 0. The molecule has 0 saturated carbocycles. The van der Waals surface area contributed by atoms with Gasteiger partial charge in [-0.1, -0.05) is 54.3 Å². The topological polar surface area (TPSA) is 26.0 Å². The highest BCUT2D eigenvalue weighted by Gasteiger charge is 2.11. The van der Waals surface area contributed by atoms with Gasteiger partial charge in [-0.25, -0.2) is 0 Å². The van der Waals surface area contributed by atoms with Crippen LogP contribution in [0.15, 0.2) is 35.9 Å². The molecule has 1 aromatic carbocycles. The number of allylic oxidation sites excluding steroid dienone is 1. The summed E-state index contributed by atoms with van der Waals surface area (Å²) in [5, 5.41) is 0. The van der Waals surface area contributed by atoms with Gasteiger partial charge in [-0.3, -0.25) is 0 Å². The molecule has 1 heteroatoms. The van der Waals surface area contributed by atoms with Crippen LogP contribution in [-0.2, 0) is 6.42 Å². The van der Waals surface area contributed by atoms with Crippen LogP contribution in [0.25, 0.3) is 0 Å². The number of nitrogens with two attached hydrogens (primary N) is 1. The highest BCUT2D eigenvalue weighted by molar-refractivity contribution is 5.24. The fraction of sp³-hybridized carbons (Fsp3) is 0.529. The second-order valence-electron chi connectivity index (χ2n) is 5.53. The molecule has 2 N–H and O–H groups in total. The van der Waals surface area contributed by atoms with Crippen LogP contribution in [0.1, 0.15) is 49.7 Å². The Labute approximate surface area is 111 Å². The fourth-order valence-corrected chi connectivity index (χ4v) is 2.66. The molecule has 0 aromatic heterocycles. The quantitative estimate of drug-likeness (QED) is 0.793. The van der Waals surface area contributed by atoms with Gasteiger partial charge in [0.15, 0.2) is 0 Å². The van der Waals surface area contributed by atoms with E-state index in [4.69, 9.17) is 5.73 Å². The average molecular weight is 243 g/mol. The van der Waals surface area contributed by atoms with Crippen LogP contribution in [0.2, 0.25) is 0 Å². The highest BCUT2D eigenvalue weighted by Crippen LogP contribution is 2.20. The zero-order valence-corrected chi connectivity index (χ0v) is 11.5. The maximum Gasteiger partial charge on any atom is 0.0294 e. The van der Waals surface area contributed by atoms with Crippen LogP contribution in [0, 0.1) is 6.92 Å². The summed E-state index contributed by atoms with van der Waals surface area (Å²) in [4.78, 5) is 0. The van der Waals surface area contributed by atoms with Crippen molar-refractivity contribution in [3.8, 4) is 0 Å². The van der Waals surface area contributed by atoms with E-state index in [9.17, 15) is 0 Å². The van der Waals surface area contributed by atoms with Gasteiger partial charge in [-0.15, -0.1) is 0 Å². The largest absolute Gasteiger partial charge is 0.324 e. The van der Waals surface area contributed by atoms with Gasteiger partial charge in [0.1, 0.15) is 0 Å². The molecule has 1 atom stereocenters. The van der Waals surface area contributed by atoms with Crippen molar-refractivity contribution in [1.29, 1.82) is 0 Å². The molecule has 0 amide bonds. The van der Waals surface area contributed by atoms with Gasteiger partial charge < -0.3 is 5.73 Å². The van der Waals surface area contributed by atoms with Crippen LogP contribution in [0.3, 0.4) is 0 Å². The Morgan fingerprint density at radius 2 is 1.78 bits per heavy atom. The molecule has 18 heavy (non-hydrogen) atoms. The summed E-state index contributed by atoms with van der Waals surface area (Å²) in [5.74, 6) is 0. The molecule has 1 aromatic rings. The molecule has 2 rings (SSSR count). The summed E-state index contributed by atoms with van der Waals surface area (Å²) in [6.45, 7) is 2.13. The summed E-state index contributed by atoms with van der Waals surface area (Å²) in [7, 11) is 0. The zero-order chi connectivity index (χ0) is 12.8. The van der Waals surface area contributed by atoms with E-state index in [0.29, 0.717) is 0 Å². The van der Waals surface area contributed by atoms with Gasteiger partial charge in [0, 0.05) is 6.04 Å². The Balaban J connectivity index is 1.97. The van der Waals surface area contributed by atoms with E-state index in [2.05, 4.69) is 37.3 Å². The van der Waals surface area contributed by atoms with Crippen molar-refractivity contribution in [1.82, 2.24) is 0 Å². The minimum Gasteiger partial charge on any atom is -0.324 e. The monoisotopic (exact) mass is 243 g/mol. The molecule has 1 aliphatic carbocycles. The zero-order valence-electron chi connectivity index (χ0n) is 11.5. The van der Waals surface area contributed by atoms with E-state index in [0.717, 1.165) is 6.42 Å². The molecule has 0 radical (unpaired) electrons. The summed E-state index contributed by atoms with van der Waals surface area (Å²) in [6, 6.07) is 8.98. The molecule has 98 valence electrons. The first-order chi connectivity index (χ1) is 8.75. The van der Waals surface area contributed by atoms with Gasteiger partial charge in [0.05, 0.1) is 0 Å². The van der Waals surface area contributed by atoms with E-state index in [1.165, 1.54) is 55.2 Å². The Kier molecular flexibility index (Phi) is 5.00. The number of rotatable bonds is 3. The maximum absolute atomic E-state index is 6.37. The van der Waals surface area contributed by atoms with E-state index >= 15 is 0 Å². The Morgan fingerprint density at radius 3 is 2.56 bits per heavy atom. The Bertz CT molecular complexity index is 389. The van der Waals surface area contributed by atoms with Gasteiger partial charge in [0.25, 0.3) is 0 Å². The van der Waals surface area contributed by atoms with Crippen molar-refractivity contribution >= 4 is 0 Å². The van der Waals surface area contributed by atoms with Crippen LogP contribution >= 0.6 is 0 Å². The molecule has 0 bridgehead atoms. The molecular formula is C17H25N. The molecule has 1 aliphatic rings. The maximum atomic E-state index is 6.37. The Hall–Kier alpha value is -1.08. The standard InChI is InChI=1S/C17H25N/c1-14-9-11-15(12-10-14)13-17(18)16-7-5-3-2-4-6-8-16/h7,9-12,17H,2-6,8,13,18H2,1H3/b16-7+. The van der Waals surface area contributed by atoms with E-state index in [-0.39, 0.29) is 6.04 Å². The normalized spacial score (nSPS) is 21.6. The van der Waals surface area contributed by atoms with Crippen molar-refractivity contribution in [2.45, 2.75) is 57.9 Å². The van der Waals surface area contributed by atoms with Crippen LogP contribution in [-0.4, -0.2) is 6.04 Å². The molecule has 0 spiro atoms. The lowest BCUT2D eigenvalue weighted by Gasteiger charge is -2.18. The van der Waals surface area contributed by atoms with Crippen LogP contribution in [0.5, 0.6) is 0 Å². The Morgan fingerprint density at radius 1 is 1.06 bits per heavy atom. The molecule has 0 fully saturated rings. The van der Waals surface area contributed by atoms with E-state index < -0.39 is 0 Å². The van der Waals surface area contributed by atoms with Gasteiger partial charge in [0.2, 0.25) is 0 Å². The molecule has 0 saturated heterocycles. The SMILES string of the molecule is Cc1ccc(CC(N)/C2=C/CCCCCC2)cc1. The minimum absolute atomic E-state index is 0.214. The van der Waals surface area contributed by atoms with Crippen LogP contribution < -0.4 is 5.73 Å². The summed E-state index contributed by atoms with van der Waals surface area (Å²) in [5.41, 5.74) is 10.5. The van der Waals surface area contributed by atoms with E-state index in [1.54, 1.807) is 0 Å². The van der Waals surface area contributed by atoms with Gasteiger partial charge in [-0.05, 0) is 44.6 Å². The molecular weight excluding hydrogens is 218 g/mol. The second kappa shape index (κ2) is 6.75. The summed E-state index contributed by atoms with van der Waals surface area (Å²) < 4.78 is 0. The fourth-order valence-electron chi connectivity index (χ4n) is 2.66. The highest BCUT2D eigenvalue weighted by atomic mass is 14.6. The van der Waals surface area contributed by atoms with Crippen molar-refractivity contribution in [2.24, 2.45) is 5.73 Å². The number of benzene rings is 1. The summed E-state index contributed by atoms with van der Waals surface area (Å²) in [6.07, 6.45) is 11.2. The predicted molar refractivity (Wildman–Crippen MR) is 78.6 cm³/mol. The first-order valence-electron chi connectivity index (χ1n) is 7.26. The first-order valence-corrected chi connectivity index (χ1v) is 7.26. The van der Waals surface area contributed by atoms with Crippen LogP contribution in [0.4, 0.5) is 0 Å². The third kappa shape index (κ3) is 3.99. The van der Waals surface area contributed by atoms with Gasteiger partial charge in [-0.2, -0.15) is 0 Å². The lowest BCUT2D eigenvalue weighted by atomic mass is 9.92. The first kappa shape index (κ1) is 13.4. The smallest absolute Gasteiger partial charge is 0.0294 e. The molecule has 0 heterocycles. The number of hydrogen-bond donors (Lipinski definition) is 1. The molecule has 1 unspecified atom stereocenters. The van der Waals surface area contributed by atoms with Gasteiger partial charge >= 0.3 is 0 Å². The van der Waals surface area contributed by atoms with Crippen molar-refractivity contribution in [3.63, 3.8) is 0 Å². The third-order valence-electron chi connectivity index (χ3n) is 3.88. The average Bonchev–Trinajstić information content (AvgIpc) is 2.31. The van der Waals surface area contributed by atoms with E-state index in [1.807, 2.05) is 0 Å². The number of hydrogen-bond acceptors (Lipinski definition) is 1. The van der Waals surface area contributed by atoms with Crippen molar-refractivity contribution < 1.29 is 0 Å². The lowest BCUT2D eigenvalue weighted by molar-refractivity contribution is 0.594. The van der Waals surface area contributed by atoms with Crippen molar-refractivity contribution in [3.05, 3.63) is 47.0 Å². The molecule has 1 nitrogen and oxygen atoms in total. The van der Waals surface area contributed by atoms with Crippen molar-refractivity contribution in [2.75, 3.05) is 0 Å². The lowest BCUT2D eigenvalue weighted by Crippen LogP contribution is -2.25. The minimum atomic E-state index is 0.214. The molecule has 0 aliphatic heterocycles. The number of aryl methyl sites for hydroxylation is 1. The predicted octanol–water partition coefficient (Wildman–Crippen LogP) is 4.15.